The van der Waals surface area contributed by atoms with E-state index in [1.165, 1.54) is 12.1 Å². The van der Waals surface area contributed by atoms with Crippen molar-refractivity contribution in [3.8, 4) is 5.75 Å². The Bertz CT molecular complexity index is 394. The zero-order valence-corrected chi connectivity index (χ0v) is 10.1. The molecule has 2 N–H and O–H groups in total. The van der Waals surface area contributed by atoms with E-state index in [2.05, 4.69) is 5.32 Å². The molecule has 1 aliphatic rings. The predicted octanol–water partition coefficient (Wildman–Crippen LogP) is 1.97. The third kappa shape index (κ3) is 3.31. The molecule has 0 amide bonds. The van der Waals surface area contributed by atoms with E-state index < -0.39 is 11.4 Å². The number of hydrogen-bond acceptors (Lipinski definition) is 3. The molecule has 3 nitrogen and oxygen atoms in total. The maximum absolute atomic E-state index is 13.2. The summed E-state index contributed by atoms with van der Waals surface area (Å²) < 4.78 is 18.6. The molecule has 17 heavy (non-hydrogen) atoms. The lowest BCUT2D eigenvalue weighted by Crippen LogP contribution is -2.45. The Morgan fingerprint density at radius 2 is 2.12 bits per heavy atom. The topological polar surface area (TPSA) is 41.5 Å². The van der Waals surface area contributed by atoms with Gasteiger partial charge in [0.2, 0.25) is 0 Å². The van der Waals surface area contributed by atoms with Crippen LogP contribution < -0.4 is 10.1 Å². The van der Waals surface area contributed by atoms with Crippen molar-refractivity contribution in [3.05, 3.63) is 29.0 Å². The molecule has 0 saturated carbocycles. The minimum atomic E-state index is -0.818. The molecule has 0 aliphatic carbocycles. The quantitative estimate of drug-likeness (QED) is 0.872. The van der Waals surface area contributed by atoms with Crippen LogP contribution in [-0.2, 0) is 0 Å². The lowest BCUT2D eigenvalue weighted by Gasteiger charge is -2.32. The van der Waals surface area contributed by atoms with Gasteiger partial charge in [0.25, 0.3) is 0 Å². The largest absolute Gasteiger partial charge is 0.490 e. The van der Waals surface area contributed by atoms with Crippen LogP contribution in [-0.4, -0.2) is 30.4 Å². The number of rotatable bonds is 3. The van der Waals surface area contributed by atoms with E-state index in [0.717, 1.165) is 13.1 Å². The highest BCUT2D eigenvalue weighted by molar-refractivity contribution is 6.30. The number of nitrogens with one attached hydrogen (secondary N) is 1. The van der Waals surface area contributed by atoms with Gasteiger partial charge in [-0.15, -0.1) is 0 Å². The number of ether oxygens (including phenoxy) is 1. The van der Waals surface area contributed by atoms with Gasteiger partial charge in [-0.1, -0.05) is 11.6 Å². The molecule has 0 radical (unpaired) electrons. The summed E-state index contributed by atoms with van der Waals surface area (Å²) in [6, 6.07) is 4.27. The van der Waals surface area contributed by atoms with Gasteiger partial charge in [0, 0.05) is 6.07 Å². The van der Waals surface area contributed by atoms with E-state index in [9.17, 15) is 9.50 Å². The molecule has 1 aliphatic heterocycles. The van der Waals surface area contributed by atoms with Gasteiger partial charge in [-0.05, 0) is 38.1 Å². The van der Waals surface area contributed by atoms with Crippen molar-refractivity contribution < 1.29 is 14.2 Å². The van der Waals surface area contributed by atoms with Crippen LogP contribution in [0.3, 0.4) is 0 Å². The molecule has 1 aromatic rings. The second-order valence-electron chi connectivity index (χ2n) is 4.34. The Morgan fingerprint density at radius 1 is 1.41 bits per heavy atom. The summed E-state index contributed by atoms with van der Waals surface area (Å²) in [5, 5.41) is 13.4. The second kappa shape index (κ2) is 5.21. The van der Waals surface area contributed by atoms with Gasteiger partial charge in [-0.25, -0.2) is 4.39 Å². The normalized spacial score (nSPS) is 19.0. The fraction of sp³-hybridized carbons (Fsp3) is 0.500. The van der Waals surface area contributed by atoms with Gasteiger partial charge in [0.15, 0.2) is 0 Å². The minimum absolute atomic E-state index is 0.0675. The average Bonchev–Trinajstić information content (AvgIpc) is 2.32. The first kappa shape index (κ1) is 12.6. The molecule has 2 rings (SSSR count). The monoisotopic (exact) mass is 259 g/mol. The Labute approximate surface area is 105 Å². The van der Waals surface area contributed by atoms with Gasteiger partial charge in [0.1, 0.15) is 23.8 Å². The van der Waals surface area contributed by atoms with Crippen molar-refractivity contribution in [2.24, 2.45) is 0 Å². The SMILES string of the molecule is OC1(COc2ccc(Cl)c(F)c2)CCNCC1. The lowest BCUT2D eigenvalue weighted by molar-refractivity contribution is -0.0286. The van der Waals surface area contributed by atoms with Gasteiger partial charge < -0.3 is 15.2 Å². The third-order valence-corrected chi connectivity index (χ3v) is 3.24. The summed E-state index contributed by atoms with van der Waals surface area (Å²) in [6.07, 6.45) is 1.28. The smallest absolute Gasteiger partial charge is 0.145 e. The van der Waals surface area contributed by atoms with E-state index in [4.69, 9.17) is 16.3 Å². The van der Waals surface area contributed by atoms with Crippen LogP contribution in [0.25, 0.3) is 0 Å². The molecule has 1 saturated heterocycles. The van der Waals surface area contributed by atoms with Crippen molar-refractivity contribution in [3.63, 3.8) is 0 Å². The molecule has 1 aromatic carbocycles. The summed E-state index contributed by atoms with van der Waals surface area (Å²) >= 11 is 5.57. The lowest BCUT2D eigenvalue weighted by atomic mass is 9.94. The molecule has 1 heterocycles. The van der Waals surface area contributed by atoms with Crippen molar-refractivity contribution in [1.29, 1.82) is 0 Å². The van der Waals surface area contributed by atoms with E-state index in [-0.39, 0.29) is 11.6 Å². The van der Waals surface area contributed by atoms with Crippen molar-refractivity contribution in [2.75, 3.05) is 19.7 Å². The van der Waals surface area contributed by atoms with Crippen LogP contribution in [0.1, 0.15) is 12.8 Å². The summed E-state index contributed by atoms with van der Waals surface area (Å²) in [5.74, 6) is -0.125. The molecule has 0 aromatic heterocycles. The average molecular weight is 260 g/mol. The van der Waals surface area contributed by atoms with E-state index in [1.807, 2.05) is 0 Å². The Kier molecular flexibility index (Phi) is 3.86. The molecule has 5 heteroatoms. The van der Waals surface area contributed by atoms with Crippen LogP contribution in [0.2, 0.25) is 5.02 Å². The zero-order chi connectivity index (χ0) is 12.3. The highest BCUT2D eigenvalue weighted by Crippen LogP contribution is 2.23. The number of piperidine rings is 1. The standard InChI is InChI=1S/C12H15ClFNO2/c13-10-2-1-9(7-11(10)14)17-8-12(16)3-5-15-6-4-12/h1-2,7,15-16H,3-6,8H2. The molecule has 0 bridgehead atoms. The highest BCUT2D eigenvalue weighted by Gasteiger charge is 2.29. The minimum Gasteiger partial charge on any atom is -0.490 e. The van der Waals surface area contributed by atoms with E-state index in [0.29, 0.717) is 18.6 Å². The first-order valence-electron chi connectivity index (χ1n) is 5.60. The van der Waals surface area contributed by atoms with Crippen LogP contribution in [0.15, 0.2) is 18.2 Å². The maximum atomic E-state index is 13.2. The second-order valence-corrected chi connectivity index (χ2v) is 4.75. The zero-order valence-electron chi connectivity index (χ0n) is 9.38. The summed E-state index contributed by atoms with van der Waals surface area (Å²) in [4.78, 5) is 0. The molecule has 0 unspecified atom stereocenters. The molecular weight excluding hydrogens is 245 g/mol. The van der Waals surface area contributed by atoms with E-state index >= 15 is 0 Å². The van der Waals surface area contributed by atoms with Gasteiger partial charge in [-0.3, -0.25) is 0 Å². The fourth-order valence-corrected chi connectivity index (χ4v) is 1.94. The maximum Gasteiger partial charge on any atom is 0.145 e. The Hall–Kier alpha value is -0.840. The molecule has 0 spiro atoms. The third-order valence-electron chi connectivity index (χ3n) is 2.93. The van der Waals surface area contributed by atoms with Crippen molar-refractivity contribution in [1.82, 2.24) is 5.32 Å². The molecule has 0 atom stereocenters. The molecule has 1 fully saturated rings. The first-order chi connectivity index (χ1) is 8.09. The number of benzene rings is 1. The summed E-state index contributed by atoms with van der Waals surface area (Å²) in [5.41, 5.74) is -0.818. The summed E-state index contributed by atoms with van der Waals surface area (Å²) in [6.45, 7) is 1.72. The van der Waals surface area contributed by atoms with E-state index in [1.54, 1.807) is 6.07 Å². The van der Waals surface area contributed by atoms with Gasteiger partial charge >= 0.3 is 0 Å². The number of hydrogen-bond donors (Lipinski definition) is 2. The Morgan fingerprint density at radius 3 is 2.76 bits per heavy atom. The van der Waals surface area contributed by atoms with Crippen LogP contribution in [0.5, 0.6) is 5.75 Å². The summed E-state index contributed by atoms with van der Waals surface area (Å²) in [7, 11) is 0. The van der Waals surface area contributed by atoms with Gasteiger partial charge in [-0.2, -0.15) is 0 Å². The Balaban J connectivity index is 1.94. The first-order valence-corrected chi connectivity index (χ1v) is 5.98. The van der Waals surface area contributed by atoms with Crippen LogP contribution in [0.4, 0.5) is 4.39 Å². The molecular formula is C12H15ClFNO2. The number of aliphatic hydroxyl groups is 1. The van der Waals surface area contributed by atoms with Crippen LogP contribution in [0, 0.1) is 5.82 Å². The van der Waals surface area contributed by atoms with Crippen molar-refractivity contribution in [2.45, 2.75) is 18.4 Å². The fourth-order valence-electron chi connectivity index (χ4n) is 1.82. The van der Waals surface area contributed by atoms with Crippen molar-refractivity contribution >= 4 is 11.6 Å². The van der Waals surface area contributed by atoms with Gasteiger partial charge in [0.05, 0.1) is 5.02 Å². The molecule has 94 valence electrons. The predicted molar refractivity (Wildman–Crippen MR) is 64.0 cm³/mol. The van der Waals surface area contributed by atoms with Crippen LogP contribution >= 0.6 is 11.6 Å². The highest BCUT2D eigenvalue weighted by atomic mass is 35.5. The number of halogens is 2.